The molecule has 0 aromatic carbocycles. The average molecular weight is 160 g/mol. The summed E-state index contributed by atoms with van der Waals surface area (Å²) in [6.07, 6.45) is 7.49. The van der Waals surface area contributed by atoms with E-state index in [1.54, 1.807) is 0 Å². The van der Waals surface area contributed by atoms with Crippen LogP contribution in [0.3, 0.4) is 0 Å². The fraction of sp³-hybridized carbons (Fsp3) is 0.364. The lowest BCUT2D eigenvalue weighted by molar-refractivity contribution is 1.43. The highest BCUT2D eigenvalue weighted by atomic mass is 13.9. The highest BCUT2D eigenvalue weighted by Gasteiger charge is 1.88. The Labute approximate surface area is 76.6 Å². The first-order chi connectivity index (χ1) is 5.74. The second kappa shape index (κ2) is 6.76. The number of hydrogen-bond donors (Lipinski definition) is 0. The van der Waals surface area contributed by atoms with Gasteiger partial charge in [0.2, 0.25) is 0 Å². The van der Waals surface area contributed by atoms with E-state index in [1.807, 2.05) is 6.92 Å². The molecule has 0 aromatic heterocycles. The minimum atomic E-state index is 1.09. The van der Waals surface area contributed by atoms with Crippen molar-refractivity contribution in [1.29, 1.82) is 0 Å². The molecule has 0 radical (unpaired) electrons. The maximum Gasteiger partial charge on any atom is 0.122 e. The molecule has 0 nitrogen and oxygen atoms in total. The van der Waals surface area contributed by atoms with Crippen LogP contribution in [-0.2, 0) is 0 Å². The van der Waals surface area contributed by atoms with Crippen molar-refractivity contribution in [2.24, 2.45) is 0 Å². The molecule has 0 spiro atoms. The van der Waals surface area contributed by atoms with Gasteiger partial charge in [0, 0.05) is 0 Å². The van der Waals surface area contributed by atoms with Crippen LogP contribution in [0, 0.1) is 0 Å². The smallest absolute Gasteiger partial charge is 0.122 e. The van der Waals surface area contributed by atoms with Crippen molar-refractivity contribution in [3.05, 3.63) is 41.7 Å². The van der Waals surface area contributed by atoms with Crippen LogP contribution in [0.5, 0.6) is 0 Å². The molecule has 0 saturated carbocycles. The van der Waals surface area contributed by atoms with E-state index in [4.69, 9.17) is 0 Å². The zero-order valence-electron chi connectivity index (χ0n) is 8.35. The summed E-state index contributed by atoms with van der Waals surface area (Å²) >= 11 is 0. The van der Waals surface area contributed by atoms with E-state index in [2.05, 4.69) is 44.3 Å². The van der Waals surface area contributed by atoms with Crippen LogP contribution in [0.1, 0.15) is 13.8 Å². The van der Waals surface area contributed by atoms with E-state index >= 15 is 0 Å². The summed E-state index contributed by atoms with van der Waals surface area (Å²) in [5.74, 6) is 0. The molecule has 0 aliphatic carbocycles. The van der Waals surface area contributed by atoms with Gasteiger partial charge in [-0.15, -0.1) is 5.73 Å². The fourth-order valence-corrected chi connectivity index (χ4v) is 0.904. The predicted octanol–water partition coefficient (Wildman–Crippen LogP) is 3.12. The van der Waals surface area contributed by atoms with Crippen molar-refractivity contribution in [3.63, 3.8) is 0 Å². The first-order valence-corrected chi connectivity index (χ1v) is 4.44. The van der Waals surface area contributed by atoms with Gasteiger partial charge in [0.15, 0.2) is 0 Å². The topological polar surface area (TPSA) is 0 Å². The van der Waals surface area contributed by atoms with Gasteiger partial charge < -0.3 is 0 Å². The summed E-state index contributed by atoms with van der Waals surface area (Å²) in [4.78, 5) is 0. The van der Waals surface area contributed by atoms with Gasteiger partial charge in [0.1, 0.15) is 7.28 Å². The molecule has 0 fully saturated rings. The van der Waals surface area contributed by atoms with Gasteiger partial charge in [-0.1, -0.05) is 43.5 Å². The second-order valence-electron chi connectivity index (χ2n) is 2.81. The van der Waals surface area contributed by atoms with E-state index in [0.717, 1.165) is 11.9 Å². The maximum atomic E-state index is 3.58. The molecule has 12 heavy (non-hydrogen) atoms. The summed E-state index contributed by atoms with van der Waals surface area (Å²) in [7, 11) is 1.20. The van der Waals surface area contributed by atoms with Gasteiger partial charge in [-0.2, -0.15) is 0 Å². The van der Waals surface area contributed by atoms with Crippen LogP contribution in [0.2, 0.25) is 13.1 Å². The zero-order valence-corrected chi connectivity index (χ0v) is 8.35. The Kier molecular flexibility index (Phi) is 6.23. The second-order valence-corrected chi connectivity index (χ2v) is 2.81. The van der Waals surface area contributed by atoms with E-state index in [1.165, 1.54) is 12.9 Å². The predicted molar refractivity (Wildman–Crippen MR) is 59.0 cm³/mol. The highest BCUT2D eigenvalue weighted by Crippen LogP contribution is 2.05. The molecule has 0 bridgehead atoms. The molecule has 0 aliphatic rings. The molecule has 0 unspecified atom stereocenters. The lowest BCUT2D eigenvalue weighted by Crippen LogP contribution is -1.83. The standard InChI is InChI=1S/C11H17B/c1-5-10(3)7-8-11(6-2)9-12-4/h6-8,12H,1,9H2,2-4H3/b8-7-,11-6+. The Hall–Kier alpha value is -0.935. The first-order valence-electron chi connectivity index (χ1n) is 4.44. The Bertz CT molecular complexity index is 227. The van der Waals surface area contributed by atoms with Crippen LogP contribution >= 0.6 is 0 Å². The molecule has 0 saturated heterocycles. The molecule has 0 rings (SSSR count). The number of allylic oxidation sites excluding steroid dienone is 5. The Balaban J connectivity index is 4.21. The van der Waals surface area contributed by atoms with Gasteiger partial charge in [0.25, 0.3) is 0 Å². The Morgan fingerprint density at radius 2 is 2.17 bits per heavy atom. The molecule has 0 amide bonds. The molecule has 0 aromatic rings. The van der Waals surface area contributed by atoms with E-state index in [0.29, 0.717) is 0 Å². The third-order valence-corrected chi connectivity index (χ3v) is 1.74. The monoisotopic (exact) mass is 160 g/mol. The lowest BCUT2D eigenvalue weighted by atomic mass is 9.74. The molecule has 1 heteroatoms. The summed E-state index contributed by atoms with van der Waals surface area (Å²) < 4.78 is 0. The quantitative estimate of drug-likeness (QED) is 0.336. The first kappa shape index (κ1) is 11.1. The largest absolute Gasteiger partial charge is 0.125 e. The van der Waals surface area contributed by atoms with E-state index < -0.39 is 0 Å². The third kappa shape index (κ3) is 4.82. The molecular formula is C11H17B. The minimum Gasteiger partial charge on any atom is -0.125 e. The Morgan fingerprint density at radius 1 is 1.50 bits per heavy atom. The van der Waals surface area contributed by atoms with Gasteiger partial charge >= 0.3 is 0 Å². The SMILES string of the molecule is C=C=C(C)/C=C\C(=C/C)CBC. The van der Waals surface area contributed by atoms with Crippen LogP contribution in [0.4, 0.5) is 0 Å². The van der Waals surface area contributed by atoms with Gasteiger partial charge in [-0.25, -0.2) is 0 Å². The maximum absolute atomic E-state index is 3.58. The molecule has 0 N–H and O–H groups in total. The Morgan fingerprint density at radius 3 is 2.58 bits per heavy atom. The van der Waals surface area contributed by atoms with Gasteiger partial charge in [0.05, 0.1) is 0 Å². The van der Waals surface area contributed by atoms with Crippen LogP contribution < -0.4 is 0 Å². The fourth-order valence-electron chi connectivity index (χ4n) is 0.904. The lowest BCUT2D eigenvalue weighted by Gasteiger charge is -1.95. The van der Waals surface area contributed by atoms with Gasteiger partial charge in [-0.3, -0.25) is 0 Å². The minimum absolute atomic E-state index is 1.09. The van der Waals surface area contributed by atoms with Crippen LogP contribution in [-0.4, -0.2) is 7.28 Å². The average Bonchev–Trinajstić information content (AvgIpc) is 2.11. The van der Waals surface area contributed by atoms with Crippen LogP contribution in [0.15, 0.2) is 41.7 Å². The van der Waals surface area contributed by atoms with Crippen molar-refractivity contribution >= 4 is 7.28 Å². The number of hydrogen-bond acceptors (Lipinski definition) is 0. The van der Waals surface area contributed by atoms with Crippen molar-refractivity contribution in [2.45, 2.75) is 27.0 Å². The molecule has 64 valence electrons. The van der Waals surface area contributed by atoms with Gasteiger partial charge in [-0.05, 0) is 19.4 Å². The summed E-state index contributed by atoms with van der Waals surface area (Å²) in [5.41, 5.74) is 5.31. The normalized spacial score (nSPS) is 11.4. The summed E-state index contributed by atoms with van der Waals surface area (Å²) in [5, 5.41) is 0. The van der Waals surface area contributed by atoms with Crippen molar-refractivity contribution in [3.8, 4) is 0 Å². The van der Waals surface area contributed by atoms with Crippen LogP contribution in [0.25, 0.3) is 0 Å². The van der Waals surface area contributed by atoms with E-state index in [9.17, 15) is 0 Å². The van der Waals surface area contributed by atoms with E-state index in [-0.39, 0.29) is 0 Å². The molecular weight excluding hydrogens is 143 g/mol. The molecule has 0 heterocycles. The van der Waals surface area contributed by atoms with Crippen molar-refractivity contribution < 1.29 is 0 Å². The highest BCUT2D eigenvalue weighted by molar-refractivity contribution is 6.34. The molecule has 0 atom stereocenters. The summed E-state index contributed by atoms with van der Waals surface area (Å²) in [6, 6.07) is 0. The summed E-state index contributed by atoms with van der Waals surface area (Å²) in [6.45, 7) is 9.84. The molecule has 0 aliphatic heterocycles. The third-order valence-electron chi connectivity index (χ3n) is 1.74. The van der Waals surface area contributed by atoms with Crippen molar-refractivity contribution in [1.82, 2.24) is 0 Å². The van der Waals surface area contributed by atoms with Crippen molar-refractivity contribution in [2.75, 3.05) is 0 Å². The zero-order chi connectivity index (χ0) is 9.40. The number of rotatable bonds is 4.